The van der Waals surface area contributed by atoms with Crippen LogP contribution >= 0.6 is 0 Å². The fraction of sp³-hybridized carbons (Fsp3) is 0.385. The van der Waals surface area contributed by atoms with Gasteiger partial charge in [-0.05, 0) is 24.6 Å². The summed E-state index contributed by atoms with van der Waals surface area (Å²) in [5, 5.41) is 0. The molecule has 0 atom stereocenters. The highest BCUT2D eigenvalue weighted by Crippen LogP contribution is 2.14. The second kappa shape index (κ2) is 6.70. The summed E-state index contributed by atoms with van der Waals surface area (Å²) in [6.45, 7) is 5.95. The number of hydrogen-bond acceptors (Lipinski definition) is 3. The second-order valence-corrected chi connectivity index (χ2v) is 6.25. The molecule has 1 aromatic rings. The van der Waals surface area contributed by atoms with Crippen LogP contribution < -0.4 is 9.46 Å². The Morgan fingerprint density at radius 1 is 1.47 bits per heavy atom. The molecule has 0 radical (unpaired) electrons. The van der Waals surface area contributed by atoms with Crippen molar-refractivity contribution < 1.29 is 13.2 Å². The summed E-state index contributed by atoms with van der Waals surface area (Å²) in [7, 11) is -0.386. The average molecular weight is 284 g/mol. The van der Waals surface area contributed by atoms with Crippen LogP contribution in [0.4, 0.5) is 0 Å². The lowest BCUT2D eigenvalue weighted by Crippen LogP contribution is -2.38. The maximum Gasteiger partial charge on any atom is 0.279 e. The fourth-order valence-electron chi connectivity index (χ4n) is 1.44. The van der Waals surface area contributed by atoms with Crippen molar-refractivity contribution >= 4 is 10.2 Å². The van der Waals surface area contributed by atoms with Crippen molar-refractivity contribution in [2.24, 2.45) is 0 Å². The van der Waals surface area contributed by atoms with Crippen LogP contribution in [0.15, 0.2) is 36.4 Å². The molecular weight excluding hydrogens is 264 g/mol. The van der Waals surface area contributed by atoms with Gasteiger partial charge in [-0.3, -0.25) is 0 Å². The van der Waals surface area contributed by atoms with E-state index in [4.69, 9.17) is 4.74 Å². The summed E-state index contributed by atoms with van der Waals surface area (Å²) in [6.07, 6.45) is 0. The van der Waals surface area contributed by atoms with E-state index in [1.54, 1.807) is 14.0 Å². The fourth-order valence-corrected chi connectivity index (χ4v) is 2.41. The summed E-state index contributed by atoms with van der Waals surface area (Å²) < 4.78 is 32.7. The van der Waals surface area contributed by atoms with Crippen molar-refractivity contribution in [1.29, 1.82) is 0 Å². The molecular formula is C13H20N2O3S. The van der Waals surface area contributed by atoms with Crippen LogP contribution in [0, 0.1) is 0 Å². The Kier molecular flexibility index (Phi) is 5.53. The lowest BCUT2D eigenvalue weighted by molar-refractivity contribution is 0.412. The molecule has 0 aliphatic rings. The average Bonchev–Trinajstić information content (AvgIpc) is 2.36. The van der Waals surface area contributed by atoms with Gasteiger partial charge in [-0.25, -0.2) is 0 Å². The first-order chi connectivity index (χ1) is 8.85. The van der Waals surface area contributed by atoms with Crippen LogP contribution in [0.25, 0.3) is 0 Å². The highest BCUT2D eigenvalue weighted by molar-refractivity contribution is 7.87. The SMILES string of the molecule is C=C(C)CNS(=O)(=O)N(C)Cc1cccc(OC)c1. The van der Waals surface area contributed by atoms with Crippen molar-refractivity contribution in [3.05, 3.63) is 42.0 Å². The zero-order chi connectivity index (χ0) is 14.5. The van der Waals surface area contributed by atoms with E-state index in [9.17, 15) is 8.42 Å². The van der Waals surface area contributed by atoms with E-state index in [1.165, 1.54) is 11.4 Å². The van der Waals surface area contributed by atoms with E-state index < -0.39 is 10.2 Å². The maximum absolute atomic E-state index is 11.9. The van der Waals surface area contributed by atoms with Gasteiger partial charge in [0.2, 0.25) is 0 Å². The van der Waals surface area contributed by atoms with Crippen LogP contribution in [0.3, 0.4) is 0 Å². The number of nitrogens with zero attached hydrogens (tertiary/aromatic N) is 1. The molecule has 1 N–H and O–H groups in total. The molecule has 6 heteroatoms. The van der Waals surface area contributed by atoms with Crippen LogP contribution in [-0.4, -0.2) is 33.4 Å². The van der Waals surface area contributed by atoms with Gasteiger partial charge in [-0.2, -0.15) is 17.4 Å². The quantitative estimate of drug-likeness (QED) is 0.773. The third-order valence-corrected chi connectivity index (χ3v) is 3.96. The molecule has 0 saturated heterocycles. The maximum atomic E-state index is 11.9. The Bertz CT molecular complexity index is 541. The molecule has 5 nitrogen and oxygen atoms in total. The van der Waals surface area contributed by atoms with Crippen molar-refractivity contribution in [2.45, 2.75) is 13.5 Å². The van der Waals surface area contributed by atoms with Gasteiger partial charge in [0.25, 0.3) is 10.2 Å². The standard InChI is InChI=1S/C13H20N2O3S/c1-11(2)9-14-19(16,17)15(3)10-12-6-5-7-13(8-12)18-4/h5-8,14H,1,9-10H2,2-4H3. The van der Waals surface area contributed by atoms with Crippen molar-refractivity contribution in [3.8, 4) is 5.75 Å². The van der Waals surface area contributed by atoms with Crippen molar-refractivity contribution in [2.75, 3.05) is 20.7 Å². The molecule has 1 aromatic carbocycles. The first kappa shape index (κ1) is 15.7. The number of ether oxygens (including phenoxy) is 1. The molecule has 19 heavy (non-hydrogen) atoms. The Morgan fingerprint density at radius 3 is 2.74 bits per heavy atom. The van der Waals surface area contributed by atoms with Gasteiger partial charge in [0.15, 0.2) is 0 Å². The van der Waals surface area contributed by atoms with Gasteiger partial charge in [0, 0.05) is 20.1 Å². The van der Waals surface area contributed by atoms with Gasteiger partial charge in [0.1, 0.15) is 5.75 Å². The van der Waals surface area contributed by atoms with Crippen molar-refractivity contribution in [1.82, 2.24) is 9.03 Å². The number of nitrogens with one attached hydrogen (secondary N) is 1. The lowest BCUT2D eigenvalue weighted by Gasteiger charge is -2.18. The number of rotatable bonds is 7. The van der Waals surface area contributed by atoms with E-state index in [2.05, 4.69) is 11.3 Å². The van der Waals surface area contributed by atoms with Crippen LogP contribution in [0.1, 0.15) is 12.5 Å². The molecule has 106 valence electrons. The van der Waals surface area contributed by atoms with Gasteiger partial charge in [0.05, 0.1) is 7.11 Å². The van der Waals surface area contributed by atoms with E-state index >= 15 is 0 Å². The zero-order valence-corrected chi connectivity index (χ0v) is 12.3. The molecule has 0 saturated carbocycles. The van der Waals surface area contributed by atoms with Gasteiger partial charge in [-0.1, -0.05) is 24.3 Å². The molecule has 0 unspecified atom stereocenters. The highest BCUT2D eigenvalue weighted by Gasteiger charge is 2.17. The van der Waals surface area contributed by atoms with E-state index in [1.807, 2.05) is 24.3 Å². The smallest absolute Gasteiger partial charge is 0.279 e. The van der Waals surface area contributed by atoms with Crippen LogP contribution in [0.2, 0.25) is 0 Å². The van der Waals surface area contributed by atoms with Crippen LogP contribution in [-0.2, 0) is 16.8 Å². The molecule has 1 rings (SSSR count). The normalized spacial score (nSPS) is 11.6. The molecule has 0 heterocycles. The minimum atomic E-state index is -3.49. The Hall–Kier alpha value is -1.37. The van der Waals surface area contributed by atoms with E-state index in [0.29, 0.717) is 5.75 Å². The van der Waals surface area contributed by atoms with Crippen LogP contribution in [0.5, 0.6) is 5.75 Å². The Labute approximate surface area is 115 Å². The first-order valence-electron chi connectivity index (χ1n) is 5.83. The van der Waals surface area contributed by atoms with Gasteiger partial charge >= 0.3 is 0 Å². The summed E-state index contributed by atoms with van der Waals surface area (Å²) in [5.74, 6) is 0.707. The summed E-state index contributed by atoms with van der Waals surface area (Å²) in [5.41, 5.74) is 1.63. The summed E-state index contributed by atoms with van der Waals surface area (Å²) in [4.78, 5) is 0. The van der Waals surface area contributed by atoms with E-state index in [-0.39, 0.29) is 13.1 Å². The predicted octanol–water partition coefficient (Wildman–Crippen LogP) is 1.54. The minimum absolute atomic E-state index is 0.241. The zero-order valence-electron chi connectivity index (χ0n) is 11.5. The molecule has 0 bridgehead atoms. The second-order valence-electron chi connectivity index (χ2n) is 4.39. The molecule has 0 aromatic heterocycles. The third-order valence-electron chi connectivity index (χ3n) is 2.51. The Balaban J connectivity index is 2.72. The summed E-state index contributed by atoms with van der Waals surface area (Å²) >= 11 is 0. The van der Waals surface area contributed by atoms with Crippen molar-refractivity contribution in [3.63, 3.8) is 0 Å². The topological polar surface area (TPSA) is 58.6 Å². The molecule has 0 aliphatic heterocycles. The molecule has 0 fully saturated rings. The highest BCUT2D eigenvalue weighted by atomic mass is 32.2. The van der Waals surface area contributed by atoms with Gasteiger partial charge < -0.3 is 4.74 Å². The molecule has 0 spiro atoms. The summed E-state index contributed by atoms with van der Waals surface area (Å²) in [6, 6.07) is 7.31. The van der Waals surface area contributed by atoms with Gasteiger partial charge in [-0.15, -0.1) is 0 Å². The predicted molar refractivity (Wildman–Crippen MR) is 76.2 cm³/mol. The largest absolute Gasteiger partial charge is 0.497 e. The third kappa shape index (κ3) is 5.02. The van der Waals surface area contributed by atoms with E-state index in [0.717, 1.165) is 11.1 Å². The minimum Gasteiger partial charge on any atom is -0.497 e. The first-order valence-corrected chi connectivity index (χ1v) is 7.27. The number of methoxy groups -OCH3 is 1. The molecule has 0 aliphatic carbocycles. The monoisotopic (exact) mass is 284 g/mol. The molecule has 0 amide bonds. The lowest BCUT2D eigenvalue weighted by atomic mass is 10.2. The Morgan fingerprint density at radius 2 is 2.16 bits per heavy atom. The number of benzene rings is 1. The number of hydrogen-bond donors (Lipinski definition) is 1.